The van der Waals surface area contributed by atoms with Crippen LogP contribution in [-0.4, -0.2) is 51.3 Å². The summed E-state index contributed by atoms with van der Waals surface area (Å²) in [7, 11) is -2.82. The summed E-state index contributed by atoms with van der Waals surface area (Å²) in [6.07, 6.45) is 0.457. The molecule has 0 aliphatic heterocycles. The highest BCUT2D eigenvalue weighted by molar-refractivity contribution is 7.92. The Morgan fingerprint density at radius 3 is 2.09 bits per heavy atom. The van der Waals surface area contributed by atoms with Gasteiger partial charge in [-0.15, -0.1) is 0 Å². The molecule has 3 rings (SSSR count). The van der Waals surface area contributed by atoms with Crippen molar-refractivity contribution in [2.45, 2.75) is 24.3 Å². The van der Waals surface area contributed by atoms with Gasteiger partial charge in [-0.2, -0.15) is 0 Å². The Labute approximate surface area is 205 Å². The van der Waals surface area contributed by atoms with E-state index in [0.29, 0.717) is 6.42 Å². The number of para-hydroxylation sites is 1. The number of carbonyl (C=O) groups excluding carboxylic acids is 2. The molecule has 0 aliphatic rings. The Morgan fingerprint density at radius 2 is 1.49 bits per heavy atom. The number of hydrogen-bond donors (Lipinski definition) is 1. The molecule has 3 aromatic carbocycles. The third kappa shape index (κ3) is 6.24. The molecule has 3 aromatic rings. The predicted octanol–water partition coefficient (Wildman–Crippen LogP) is 3.23. The van der Waals surface area contributed by atoms with E-state index in [0.717, 1.165) is 15.9 Å². The summed E-state index contributed by atoms with van der Waals surface area (Å²) >= 11 is 0. The van der Waals surface area contributed by atoms with Crippen LogP contribution in [0.5, 0.6) is 0 Å². The van der Waals surface area contributed by atoms with Crippen molar-refractivity contribution in [1.82, 2.24) is 10.2 Å². The van der Waals surface area contributed by atoms with E-state index in [1.165, 1.54) is 42.3 Å². The Bertz CT molecular complexity index is 1250. The molecule has 9 heteroatoms. The maximum Gasteiger partial charge on any atom is 0.264 e. The number of rotatable bonds is 10. The molecule has 0 aliphatic carbocycles. The molecule has 0 bridgehead atoms. The van der Waals surface area contributed by atoms with Gasteiger partial charge in [0.2, 0.25) is 11.8 Å². The first-order chi connectivity index (χ1) is 16.8. The Hall–Kier alpha value is -3.72. The lowest BCUT2D eigenvalue weighted by Crippen LogP contribution is -2.51. The maximum absolute atomic E-state index is 14.8. The van der Waals surface area contributed by atoms with Crippen LogP contribution in [0.25, 0.3) is 0 Å². The second kappa shape index (κ2) is 11.6. The molecule has 0 saturated carbocycles. The predicted molar refractivity (Wildman–Crippen MR) is 133 cm³/mol. The van der Waals surface area contributed by atoms with Crippen LogP contribution in [0.2, 0.25) is 0 Å². The molecular formula is C26H28FN3O4S. The second-order valence-electron chi connectivity index (χ2n) is 7.89. The molecule has 35 heavy (non-hydrogen) atoms. The molecule has 0 fully saturated rings. The second-order valence-corrected chi connectivity index (χ2v) is 9.75. The summed E-state index contributed by atoms with van der Waals surface area (Å²) in [6.45, 7) is 1.07. The van der Waals surface area contributed by atoms with Gasteiger partial charge in [-0.1, -0.05) is 60.7 Å². The van der Waals surface area contributed by atoms with Gasteiger partial charge >= 0.3 is 0 Å². The zero-order valence-electron chi connectivity index (χ0n) is 19.6. The molecule has 0 heterocycles. The zero-order chi connectivity index (χ0) is 25.4. The quantitative estimate of drug-likeness (QED) is 0.466. The Balaban J connectivity index is 1.97. The molecule has 0 aromatic heterocycles. The van der Waals surface area contributed by atoms with Gasteiger partial charge in [0.15, 0.2) is 0 Å². The molecule has 2 amide bonds. The molecule has 1 N–H and O–H groups in total. The van der Waals surface area contributed by atoms with E-state index in [1.54, 1.807) is 25.1 Å². The smallest absolute Gasteiger partial charge is 0.264 e. The van der Waals surface area contributed by atoms with Crippen molar-refractivity contribution in [3.8, 4) is 0 Å². The monoisotopic (exact) mass is 497 g/mol. The standard InChI is InChI=1S/C26H28FN3O4S/c1-20(26(32)28-2)29(18-17-21-11-5-3-6-12-21)25(31)19-30(24-16-10-9-15-23(24)27)35(33,34)22-13-7-4-8-14-22/h3-16,20H,17-19H2,1-2H3,(H,28,32)/t20-/m0/s1. The van der Waals surface area contributed by atoms with Crippen LogP contribution in [-0.2, 0) is 26.0 Å². The number of carbonyl (C=O) groups is 2. The minimum Gasteiger partial charge on any atom is -0.357 e. The fourth-order valence-corrected chi connectivity index (χ4v) is 5.11. The minimum atomic E-state index is -4.28. The fraction of sp³-hybridized carbons (Fsp3) is 0.231. The maximum atomic E-state index is 14.8. The Kier molecular flexibility index (Phi) is 8.59. The summed E-state index contributed by atoms with van der Waals surface area (Å²) in [6, 6.07) is 21.5. The lowest BCUT2D eigenvalue weighted by atomic mass is 10.1. The fourth-order valence-electron chi connectivity index (χ4n) is 3.67. The van der Waals surface area contributed by atoms with Gasteiger partial charge in [-0.3, -0.25) is 13.9 Å². The first-order valence-corrected chi connectivity index (χ1v) is 12.6. The van der Waals surface area contributed by atoms with E-state index in [1.807, 2.05) is 30.3 Å². The van der Waals surface area contributed by atoms with Gasteiger partial charge in [0.25, 0.3) is 10.0 Å². The summed E-state index contributed by atoms with van der Waals surface area (Å²) in [5.41, 5.74) is 0.706. The van der Waals surface area contributed by atoms with E-state index in [9.17, 15) is 22.4 Å². The normalized spacial score (nSPS) is 12.0. The topological polar surface area (TPSA) is 86.8 Å². The first kappa shape index (κ1) is 25.9. The number of anilines is 1. The van der Waals surface area contributed by atoms with Crippen LogP contribution in [0.3, 0.4) is 0 Å². The summed E-state index contributed by atoms with van der Waals surface area (Å²) in [4.78, 5) is 27.2. The van der Waals surface area contributed by atoms with Gasteiger partial charge < -0.3 is 10.2 Å². The largest absolute Gasteiger partial charge is 0.357 e. The van der Waals surface area contributed by atoms with E-state index in [4.69, 9.17) is 0 Å². The van der Waals surface area contributed by atoms with Crippen molar-refractivity contribution >= 4 is 27.5 Å². The number of hydrogen-bond acceptors (Lipinski definition) is 4. The number of likely N-dealkylation sites (N-methyl/N-ethyl adjacent to an activating group) is 1. The third-order valence-electron chi connectivity index (χ3n) is 5.63. The van der Waals surface area contributed by atoms with Gasteiger partial charge in [0.05, 0.1) is 10.6 Å². The van der Waals surface area contributed by atoms with Crippen molar-refractivity contribution in [3.05, 3.63) is 96.3 Å². The molecule has 7 nitrogen and oxygen atoms in total. The average Bonchev–Trinajstić information content (AvgIpc) is 2.88. The average molecular weight is 498 g/mol. The van der Waals surface area contributed by atoms with Gasteiger partial charge in [0, 0.05) is 13.6 Å². The van der Waals surface area contributed by atoms with Crippen molar-refractivity contribution in [1.29, 1.82) is 0 Å². The van der Waals surface area contributed by atoms with Crippen LogP contribution in [0.4, 0.5) is 10.1 Å². The zero-order valence-corrected chi connectivity index (χ0v) is 20.4. The van der Waals surface area contributed by atoms with E-state index in [2.05, 4.69) is 5.32 Å². The SMILES string of the molecule is CNC(=O)[C@H](C)N(CCc1ccccc1)C(=O)CN(c1ccccc1F)S(=O)(=O)c1ccccc1. The summed E-state index contributed by atoms with van der Waals surface area (Å²) in [5, 5.41) is 2.52. The lowest BCUT2D eigenvalue weighted by Gasteiger charge is -2.31. The molecule has 0 unspecified atom stereocenters. The minimum absolute atomic E-state index is 0.0776. The van der Waals surface area contributed by atoms with E-state index in [-0.39, 0.29) is 17.1 Å². The summed E-state index contributed by atoms with van der Waals surface area (Å²) in [5.74, 6) is -1.80. The van der Waals surface area contributed by atoms with E-state index < -0.39 is 40.2 Å². The van der Waals surface area contributed by atoms with Gasteiger partial charge in [0.1, 0.15) is 18.4 Å². The highest BCUT2D eigenvalue weighted by Gasteiger charge is 2.33. The van der Waals surface area contributed by atoms with Crippen LogP contribution in [0.15, 0.2) is 89.8 Å². The number of sulfonamides is 1. The van der Waals surface area contributed by atoms with E-state index >= 15 is 0 Å². The number of benzene rings is 3. The lowest BCUT2D eigenvalue weighted by molar-refractivity contribution is -0.138. The number of amides is 2. The van der Waals surface area contributed by atoms with Crippen LogP contribution in [0, 0.1) is 5.82 Å². The molecule has 1 atom stereocenters. The highest BCUT2D eigenvalue weighted by atomic mass is 32.2. The van der Waals surface area contributed by atoms with Crippen LogP contribution in [0.1, 0.15) is 12.5 Å². The number of nitrogens with zero attached hydrogens (tertiary/aromatic N) is 2. The molecule has 0 radical (unpaired) electrons. The molecule has 0 saturated heterocycles. The number of halogens is 1. The summed E-state index contributed by atoms with van der Waals surface area (Å²) < 4.78 is 42.5. The van der Waals surface area contributed by atoms with Crippen molar-refractivity contribution in [3.63, 3.8) is 0 Å². The third-order valence-corrected chi connectivity index (χ3v) is 7.40. The van der Waals surface area contributed by atoms with Crippen molar-refractivity contribution in [2.24, 2.45) is 0 Å². The van der Waals surface area contributed by atoms with Crippen LogP contribution < -0.4 is 9.62 Å². The first-order valence-electron chi connectivity index (χ1n) is 11.1. The molecule has 0 spiro atoms. The molecule has 184 valence electrons. The van der Waals surface area contributed by atoms with Crippen LogP contribution >= 0.6 is 0 Å². The highest BCUT2D eigenvalue weighted by Crippen LogP contribution is 2.26. The van der Waals surface area contributed by atoms with Crippen molar-refractivity contribution in [2.75, 3.05) is 24.4 Å². The molecular weight excluding hydrogens is 469 g/mol. The Morgan fingerprint density at radius 1 is 0.914 bits per heavy atom. The van der Waals surface area contributed by atoms with Crippen molar-refractivity contribution < 1.29 is 22.4 Å². The number of nitrogens with one attached hydrogen (secondary N) is 1. The van der Waals surface area contributed by atoms with Gasteiger partial charge in [-0.05, 0) is 43.2 Å². The van der Waals surface area contributed by atoms with Gasteiger partial charge in [-0.25, -0.2) is 12.8 Å².